The Balaban J connectivity index is 1.82. The highest BCUT2D eigenvalue weighted by atomic mass is 16.3. The second-order valence-electron chi connectivity index (χ2n) is 5.26. The van der Waals surface area contributed by atoms with Crippen LogP contribution in [0.1, 0.15) is 44.9 Å². The van der Waals surface area contributed by atoms with Gasteiger partial charge in [0.15, 0.2) is 0 Å². The molecule has 1 saturated heterocycles. The fraction of sp³-hybridized carbons (Fsp3) is 0.923. The minimum atomic E-state index is 0.131. The summed E-state index contributed by atoms with van der Waals surface area (Å²) in [6.45, 7) is 2.06. The van der Waals surface area contributed by atoms with Crippen LogP contribution in [-0.2, 0) is 4.79 Å². The number of carbonyl (C=O) groups is 1. The summed E-state index contributed by atoms with van der Waals surface area (Å²) in [5.41, 5.74) is 0. The summed E-state index contributed by atoms with van der Waals surface area (Å²) in [6.07, 6.45) is 7.77. The molecule has 2 atom stereocenters. The number of piperidine rings is 1. The summed E-state index contributed by atoms with van der Waals surface area (Å²) in [4.78, 5) is 13.9. The first kappa shape index (κ1) is 11.9. The standard InChI is InChI=1S/C13H23NO2/c15-9-3-6-13(16)14-8-7-11-4-1-2-5-12(11)10-14/h11-12,15H,1-10H2. The summed E-state index contributed by atoms with van der Waals surface area (Å²) >= 11 is 0. The van der Waals surface area contributed by atoms with E-state index in [9.17, 15) is 4.79 Å². The SMILES string of the molecule is O=C(CCCO)N1CCC2CCCCC2C1. The topological polar surface area (TPSA) is 40.5 Å². The lowest BCUT2D eigenvalue weighted by atomic mass is 9.75. The molecule has 92 valence electrons. The Hall–Kier alpha value is -0.570. The highest BCUT2D eigenvalue weighted by Gasteiger charge is 2.32. The lowest BCUT2D eigenvalue weighted by Gasteiger charge is -2.41. The molecule has 16 heavy (non-hydrogen) atoms. The van der Waals surface area contributed by atoms with Crippen LogP contribution in [0.2, 0.25) is 0 Å². The van der Waals surface area contributed by atoms with Crippen LogP contribution < -0.4 is 0 Å². The Bertz CT molecular complexity index is 242. The largest absolute Gasteiger partial charge is 0.396 e. The number of nitrogens with zero attached hydrogens (tertiary/aromatic N) is 1. The molecule has 0 bridgehead atoms. The molecule has 2 aliphatic rings. The molecule has 1 aliphatic carbocycles. The van der Waals surface area contributed by atoms with Crippen molar-refractivity contribution in [1.29, 1.82) is 0 Å². The predicted octanol–water partition coefficient (Wildman–Crippen LogP) is 1.80. The zero-order valence-corrected chi connectivity index (χ0v) is 10.0. The van der Waals surface area contributed by atoms with Crippen molar-refractivity contribution in [2.75, 3.05) is 19.7 Å². The van der Waals surface area contributed by atoms with Gasteiger partial charge in [-0.15, -0.1) is 0 Å². The van der Waals surface area contributed by atoms with Crippen LogP contribution in [0.25, 0.3) is 0 Å². The molecule has 2 unspecified atom stereocenters. The Morgan fingerprint density at radius 3 is 2.69 bits per heavy atom. The van der Waals surface area contributed by atoms with E-state index in [2.05, 4.69) is 0 Å². The summed E-state index contributed by atoms with van der Waals surface area (Å²) in [6, 6.07) is 0. The number of aliphatic hydroxyl groups is 1. The average molecular weight is 225 g/mol. The third-order valence-electron chi connectivity index (χ3n) is 4.19. The van der Waals surface area contributed by atoms with Crippen LogP contribution in [-0.4, -0.2) is 35.6 Å². The van der Waals surface area contributed by atoms with Crippen LogP contribution in [0.15, 0.2) is 0 Å². The highest BCUT2D eigenvalue weighted by molar-refractivity contribution is 5.76. The smallest absolute Gasteiger partial charge is 0.222 e. The van der Waals surface area contributed by atoms with E-state index in [1.165, 1.54) is 32.1 Å². The van der Waals surface area contributed by atoms with E-state index in [0.717, 1.165) is 24.9 Å². The number of fused-ring (bicyclic) bond motifs is 1. The zero-order valence-electron chi connectivity index (χ0n) is 10.0. The molecule has 1 N–H and O–H groups in total. The Kier molecular flexibility index (Phi) is 4.22. The van der Waals surface area contributed by atoms with E-state index in [0.29, 0.717) is 12.8 Å². The molecule has 0 aromatic rings. The van der Waals surface area contributed by atoms with Crippen LogP contribution in [0.5, 0.6) is 0 Å². The number of amides is 1. The number of aliphatic hydroxyl groups excluding tert-OH is 1. The number of likely N-dealkylation sites (tertiary alicyclic amines) is 1. The van der Waals surface area contributed by atoms with Gasteiger partial charge in [0, 0.05) is 26.1 Å². The van der Waals surface area contributed by atoms with E-state index in [1.54, 1.807) is 0 Å². The molecule has 2 fully saturated rings. The molecule has 0 aromatic carbocycles. The van der Waals surface area contributed by atoms with E-state index < -0.39 is 0 Å². The van der Waals surface area contributed by atoms with Gasteiger partial charge < -0.3 is 10.0 Å². The van der Waals surface area contributed by atoms with Gasteiger partial charge in [0.1, 0.15) is 0 Å². The Labute approximate surface area is 97.8 Å². The Morgan fingerprint density at radius 1 is 1.19 bits per heavy atom. The van der Waals surface area contributed by atoms with Crippen molar-refractivity contribution >= 4 is 5.91 Å². The van der Waals surface area contributed by atoms with Crippen molar-refractivity contribution < 1.29 is 9.90 Å². The summed E-state index contributed by atoms with van der Waals surface area (Å²) < 4.78 is 0. The van der Waals surface area contributed by atoms with Crippen LogP contribution in [0.4, 0.5) is 0 Å². The van der Waals surface area contributed by atoms with Gasteiger partial charge in [-0.25, -0.2) is 0 Å². The van der Waals surface area contributed by atoms with Gasteiger partial charge in [-0.05, 0) is 31.1 Å². The van der Waals surface area contributed by atoms with Crippen molar-refractivity contribution in [3.8, 4) is 0 Å². The van der Waals surface area contributed by atoms with Crippen molar-refractivity contribution in [2.24, 2.45) is 11.8 Å². The van der Waals surface area contributed by atoms with Crippen molar-refractivity contribution in [1.82, 2.24) is 4.90 Å². The second-order valence-corrected chi connectivity index (χ2v) is 5.26. The van der Waals surface area contributed by atoms with E-state index >= 15 is 0 Å². The number of rotatable bonds is 3. The summed E-state index contributed by atoms with van der Waals surface area (Å²) in [5, 5.41) is 8.73. The molecule has 3 heteroatoms. The number of carbonyl (C=O) groups excluding carboxylic acids is 1. The number of hydrogen-bond acceptors (Lipinski definition) is 2. The molecule has 1 heterocycles. The Morgan fingerprint density at radius 2 is 1.94 bits per heavy atom. The maximum absolute atomic E-state index is 11.8. The van der Waals surface area contributed by atoms with Gasteiger partial charge in [-0.2, -0.15) is 0 Å². The molecule has 3 nitrogen and oxygen atoms in total. The van der Waals surface area contributed by atoms with Crippen LogP contribution >= 0.6 is 0 Å². The monoisotopic (exact) mass is 225 g/mol. The third-order valence-corrected chi connectivity index (χ3v) is 4.19. The average Bonchev–Trinajstić information content (AvgIpc) is 2.35. The molecule has 0 spiro atoms. The fourth-order valence-electron chi connectivity index (χ4n) is 3.22. The molecular formula is C13H23NO2. The molecule has 0 radical (unpaired) electrons. The first-order chi connectivity index (χ1) is 7.81. The van der Waals surface area contributed by atoms with Gasteiger partial charge in [0.2, 0.25) is 5.91 Å². The molecule has 1 aliphatic heterocycles. The van der Waals surface area contributed by atoms with Crippen molar-refractivity contribution in [3.63, 3.8) is 0 Å². The minimum absolute atomic E-state index is 0.131. The zero-order chi connectivity index (χ0) is 11.4. The predicted molar refractivity (Wildman–Crippen MR) is 63.0 cm³/mol. The van der Waals surface area contributed by atoms with Gasteiger partial charge in [-0.1, -0.05) is 19.3 Å². The molecular weight excluding hydrogens is 202 g/mol. The maximum atomic E-state index is 11.8. The fourth-order valence-corrected chi connectivity index (χ4v) is 3.22. The third kappa shape index (κ3) is 2.76. The van der Waals surface area contributed by atoms with Crippen LogP contribution in [0, 0.1) is 11.8 Å². The quantitative estimate of drug-likeness (QED) is 0.795. The van der Waals surface area contributed by atoms with E-state index in [4.69, 9.17) is 5.11 Å². The summed E-state index contributed by atoms with van der Waals surface area (Å²) in [5.74, 6) is 1.90. The number of hydrogen-bond donors (Lipinski definition) is 1. The molecule has 0 aromatic heterocycles. The maximum Gasteiger partial charge on any atom is 0.222 e. The lowest BCUT2D eigenvalue weighted by Crippen LogP contribution is -2.44. The van der Waals surface area contributed by atoms with E-state index in [-0.39, 0.29) is 12.5 Å². The van der Waals surface area contributed by atoms with Gasteiger partial charge in [-0.3, -0.25) is 4.79 Å². The first-order valence-corrected chi connectivity index (χ1v) is 6.70. The minimum Gasteiger partial charge on any atom is -0.396 e. The van der Waals surface area contributed by atoms with Gasteiger partial charge >= 0.3 is 0 Å². The van der Waals surface area contributed by atoms with Crippen molar-refractivity contribution in [3.05, 3.63) is 0 Å². The van der Waals surface area contributed by atoms with Crippen LogP contribution in [0.3, 0.4) is 0 Å². The second kappa shape index (κ2) is 5.67. The first-order valence-electron chi connectivity index (χ1n) is 6.70. The highest BCUT2D eigenvalue weighted by Crippen LogP contribution is 2.36. The van der Waals surface area contributed by atoms with Crippen molar-refractivity contribution in [2.45, 2.75) is 44.9 Å². The van der Waals surface area contributed by atoms with Gasteiger partial charge in [0.25, 0.3) is 0 Å². The molecule has 1 amide bonds. The summed E-state index contributed by atoms with van der Waals surface area (Å²) in [7, 11) is 0. The molecule has 2 rings (SSSR count). The van der Waals surface area contributed by atoms with E-state index in [1.807, 2.05) is 4.90 Å². The van der Waals surface area contributed by atoms with Gasteiger partial charge in [0.05, 0.1) is 0 Å². The lowest BCUT2D eigenvalue weighted by molar-refractivity contribution is -0.134. The normalized spacial score (nSPS) is 29.9. The molecule has 1 saturated carbocycles.